The average Bonchev–Trinajstić information content (AvgIpc) is 2.38. The summed E-state index contributed by atoms with van der Waals surface area (Å²) >= 11 is 2.22. The number of rotatable bonds is 0. The summed E-state index contributed by atoms with van der Waals surface area (Å²) in [6.45, 7) is 2.34. The highest BCUT2D eigenvalue weighted by Gasteiger charge is 2.27. The third-order valence-electron chi connectivity index (χ3n) is 3.33. The van der Waals surface area contributed by atoms with Gasteiger partial charge in [0.1, 0.15) is 0 Å². The summed E-state index contributed by atoms with van der Waals surface area (Å²) in [5.41, 5.74) is 0. The highest BCUT2D eigenvalue weighted by molar-refractivity contribution is 7.99. The Morgan fingerprint density at radius 2 is 1.92 bits per heavy atom. The lowest BCUT2D eigenvalue weighted by atomic mass is 10.1. The van der Waals surface area contributed by atoms with Gasteiger partial charge in [0.2, 0.25) is 0 Å². The maximum Gasteiger partial charge on any atom is 0.0201 e. The van der Waals surface area contributed by atoms with Crippen LogP contribution in [0.15, 0.2) is 0 Å². The van der Waals surface area contributed by atoms with Gasteiger partial charge in [-0.2, -0.15) is 11.8 Å². The van der Waals surface area contributed by atoms with Crippen LogP contribution in [-0.2, 0) is 0 Å². The van der Waals surface area contributed by atoms with Gasteiger partial charge in [0.05, 0.1) is 0 Å². The molecule has 1 aliphatic heterocycles. The molecule has 0 aromatic carbocycles. The van der Waals surface area contributed by atoms with E-state index in [1.807, 2.05) is 0 Å². The van der Waals surface area contributed by atoms with E-state index in [-0.39, 0.29) is 0 Å². The number of nitrogens with one attached hydrogen (secondary N) is 1. The molecule has 2 fully saturated rings. The lowest BCUT2D eigenvalue weighted by Crippen LogP contribution is -2.40. The van der Waals surface area contributed by atoms with Crippen LogP contribution in [0.4, 0.5) is 0 Å². The summed E-state index contributed by atoms with van der Waals surface area (Å²) < 4.78 is 0. The molecule has 76 valence electrons. The molecule has 2 aliphatic rings. The summed E-state index contributed by atoms with van der Waals surface area (Å²) in [5.74, 6) is 1.37. The molecular weight excluding hydrogens is 178 g/mol. The highest BCUT2D eigenvalue weighted by atomic mass is 32.2. The molecule has 1 saturated carbocycles. The molecule has 1 heterocycles. The first-order valence-corrected chi connectivity index (χ1v) is 6.79. The first-order chi connectivity index (χ1) is 6.36. The van der Waals surface area contributed by atoms with Gasteiger partial charge in [0.15, 0.2) is 0 Å². The van der Waals surface area contributed by atoms with E-state index in [0.29, 0.717) is 0 Å². The van der Waals surface area contributed by atoms with E-state index in [1.54, 1.807) is 0 Å². The smallest absolute Gasteiger partial charge is 0.0201 e. The normalized spacial score (nSPS) is 41.8. The quantitative estimate of drug-likeness (QED) is 0.644. The number of fused-ring (bicyclic) bond motifs is 1. The van der Waals surface area contributed by atoms with Crippen molar-refractivity contribution in [2.75, 3.05) is 5.75 Å². The van der Waals surface area contributed by atoms with Crippen molar-refractivity contribution in [2.45, 2.75) is 62.8 Å². The van der Waals surface area contributed by atoms with Gasteiger partial charge >= 0.3 is 0 Å². The molecular formula is C11H21NS. The molecule has 0 radical (unpaired) electrons. The Morgan fingerprint density at radius 3 is 2.85 bits per heavy atom. The fourth-order valence-electron chi connectivity index (χ4n) is 2.51. The number of hydrogen-bond acceptors (Lipinski definition) is 2. The third-order valence-corrected chi connectivity index (χ3v) is 4.80. The zero-order valence-electron chi connectivity index (χ0n) is 8.59. The van der Waals surface area contributed by atoms with Gasteiger partial charge in [-0.15, -0.1) is 0 Å². The maximum absolute atomic E-state index is 3.80. The van der Waals surface area contributed by atoms with Crippen molar-refractivity contribution in [3.8, 4) is 0 Å². The van der Waals surface area contributed by atoms with E-state index in [1.165, 1.54) is 44.3 Å². The topological polar surface area (TPSA) is 12.0 Å². The monoisotopic (exact) mass is 199 g/mol. The summed E-state index contributed by atoms with van der Waals surface area (Å²) in [6.07, 6.45) is 8.60. The molecule has 0 amide bonds. The van der Waals surface area contributed by atoms with Gasteiger partial charge in [0, 0.05) is 17.3 Å². The molecule has 2 rings (SSSR count). The molecule has 0 aromatic heterocycles. The van der Waals surface area contributed by atoms with Crippen molar-refractivity contribution in [3.63, 3.8) is 0 Å². The van der Waals surface area contributed by atoms with Crippen molar-refractivity contribution < 1.29 is 0 Å². The minimum absolute atomic E-state index is 0.751. The molecule has 1 nitrogen and oxygen atoms in total. The van der Waals surface area contributed by atoms with Crippen molar-refractivity contribution in [3.05, 3.63) is 0 Å². The van der Waals surface area contributed by atoms with Crippen LogP contribution in [-0.4, -0.2) is 23.1 Å². The van der Waals surface area contributed by atoms with E-state index in [0.717, 1.165) is 17.3 Å². The first kappa shape index (κ1) is 9.85. The first-order valence-electron chi connectivity index (χ1n) is 5.74. The molecule has 3 atom stereocenters. The Kier molecular flexibility index (Phi) is 3.56. The van der Waals surface area contributed by atoms with Crippen molar-refractivity contribution in [1.82, 2.24) is 5.32 Å². The van der Waals surface area contributed by atoms with E-state index in [2.05, 4.69) is 24.0 Å². The van der Waals surface area contributed by atoms with Gasteiger partial charge in [0.25, 0.3) is 0 Å². The van der Waals surface area contributed by atoms with E-state index in [4.69, 9.17) is 0 Å². The van der Waals surface area contributed by atoms with Gasteiger partial charge in [-0.1, -0.05) is 19.3 Å². The Bertz CT molecular complexity index is 160. The van der Waals surface area contributed by atoms with Crippen LogP contribution in [0.5, 0.6) is 0 Å². The van der Waals surface area contributed by atoms with E-state index < -0.39 is 0 Å². The molecule has 0 aromatic rings. The minimum atomic E-state index is 0.751. The Balaban J connectivity index is 1.98. The SMILES string of the molecule is CC1CCSC2CCCCCC2N1. The van der Waals surface area contributed by atoms with Gasteiger partial charge < -0.3 is 5.32 Å². The fourth-order valence-corrected chi connectivity index (χ4v) is 4.08. The van der Waals surface area contributed by atoms with Crippen LogP contribution in [0.1, 0.15) is 45.4 Å². The predicted octanol–water partition coefficient (Wildman–Crippen LogP) is 2.80. The van der Waals surface area contributed by atoms with Crippen molar-refractivity contribution in [1.29, 1.82) is 0 Å². The third kappa shape index (κ3) is 2.63. The van der Waals surface area contributed by atoms with E-state index in [9.17, 15) is 0 Å². The predicted molar refractivity (Wildman–Crippen MR) is 60.3 cm³/mol. The number of thioether (sulfide) groups is 1. The Hall–Kier alpha value is 0.310. The second kappa shape index (κ2) is 4.70. The molecule has 0 spiro atoms. The largest absolute Gasteiger partial charge is 0.310 e. The van der Waals surface area contributed by atoms with Gasteiger partial charge in [-0.3, -0.25) is 0 Å². The van der Waals surface area contributed by atoms with Crippen LogP contribution in [0.25, 0.3) is 0 Å². The van der Waals surface area contributed by atoms with Gasteiger partial charge in [-0.25, -0.2) is 0 Å². The molecule has 1 saturated heterocycles. The summed E-state index contributed by atoms with van der Waals surface area (Å²) in [4.78, 5) is 0. The average molecular weight is 199 g/mol. The van der Waals surface area contributed by atoms with E-state index >= 15 is 0 Å². The second-order valence-corrected chi connectivity index (χ2v) is 5.86. The summed E-state index contributed by atoms with van der Waals surface area (Å²) in [5, 5.41) is 4.72. The van der Waals surface area contributed by atoms with Crippen LogP contribution in [0, 0.1) is 0 Å². The fraction of sp³-hybridized carbons (Fsp3) is 1.00. The molecule has 1 aliphatic carbocycles. The Labute approximate surface area is 86.0 Å². The molecule has 3 unspecified atom stereocenters. The van der Waals surface area contributed by atoms with Gasteiger partial charge in [-0.05, 0) is 31.9 Å². The van der Waals surface area contributed by atoms with Crippen LogP contribution >= 0.6 is 11.8 Å². The summed E-state index contributed by atoms with van der Waals surface area (Å²) in [7, 11) is 0. The zero-order valence-corrected chi connectivity index (χ0v) is 9.41. The molecule has 2 heteroatoms. The highest BCUT2D eigenvalue weighted by Crippen LogP contribution is 2.30. The van der Waals surface area contributed by atoms with Crippen LogP contribution in [0.2, 0.25) is 0 Å². The molecule has 0 bridgehead atoms. The number of hydrogen-bond donors (Lipinski definition) is 1. The lowest BCUT2D eigenvalue weighted by molar-refractivity contribution is 0.419. The second-order valence-electron chi connectivity index (χ2n) is 4.51. The van der Waals surface area contributed by atoms with Crippen molar-refractivity contribution >= 4 is 11.8 Å². The Morgan fingerprint density at radius 1 is 1.08 bits per heavy atom. The molecule has 1 N–H and O–H groups in total. The zero-order chi connectivity index (χ0) is 9.10. The molecule has 13 heavy (non-hydrogen) atoms. The maximum atomic E-state index is 3.80. The lowest BCUT2D eigenvalue weighted by Gasteiger charge is -2.24. The van der Waals surface area contributed by atoms with Crippen LogP contribution < -0.4 is 5.32 Å². The minimum Gasteiger partial charge on any atom is -0.310 e. The van der Waals surface area contributed by atoms with Crippen LogP contribution in [0.3, 0.4) is 0 Å². The summed E-state index contributed by atoms with van der Waals surface area (Å²) in [6, 6.07) is 1.57. The standard InChI is InChI=1S/C11H21NS/c1-9-7-8-13-11-6-4-2-3-5-10(11)12-9/h9-12H,2-8H2,1H3. The van der Waals surface area contributed by atoms with Crippen molar-refractivity contribution in [2.24, 2.45) is 0 Å².